The molecule has 0 saturated heterocycles. The van der Waals surface area contributed by atoms with Crippen LogP contribution in [0.1, 0.15) is 37.6 Å². The third-order valence-corrected chi connectivity index (χ3v) is 2.52. The second-order valence-corrected chi connectivity index (χ2v) is 5.38. The Morgan fingerprint density at radius 2 is 2.05 bits per heavy atom. The Balaban J connectivity index is 3.02. The second kappa shape index (κ2) is 5.69. The standard InChI is InChI=1S/C13H17NO5/c1-13(2,3)7-8-19-11-9(12(15)16)5-4-6-10(11)14(17)18/h4-6H,7-8H2,1-3H3,(H,15,16). The Hall–Kier alpha value is -2.11. The van der Waals surface area contributed by atoms with Crippen LogP contribution in [-0.4, -0.2) is 22.6 Å². The van der Waals surface area contributed by atoms with Crippen molar-refractivity contribution < 1.29 is 19.6 Å². The molecule has 0 aromatic heterocycles. The lowest BCUT2D eigenvalue weighted by Gasteiger charge is -2.18. The largest absolute Gasteiger partial charge is 0.486 e. The van der Waals surface area contributed by atoms with E-state index < -0.39 is 10.9 Å². The van der Waals surface area contributed by atoms with Gasteiger partial charge < -0.3 is 9.84 Å². The van der Waals surface area contributed by atoms with Crippen LogP contribution in [0, 0.1) is 15.5 Å². The zero-order valence-electron chi connectivity index (χ0n) is 11.2. The molecule has 1 rings (SSSR count). The van der Waals surface area contributed by atoms with Crippen molar-refractivity contribution in [3.63, 3.8) is 0 Å². The first-order valence-electron chi connectivity index (χ1n) is 5.86. The van der Waals surface area contributed by atoms with Crippen LogP contribution in [0.5, 0.6) is 5.75 Å². The molecular formula is C13H17NO5. The number of hydrogen-bond acceptors (Lipinski definition) is 4. The predicted molar refractivity (Wildman–Crippen MR) is 69.6 cm³/mol. The third-order valence-electron chi connectivity index (χ3n) is 2.52. The molecule has 0 unspecified atom stereocenters. The summed E-state index contributed by atoms with van der Waals surface area (Å²) in [6, 6.07) is 3.86. The molecule has 0 amide bonds. The van der Waals surface area contributed by atoms with Crippen molar-refractivity contribution >= 4 is 11.7 Å². The number of carboxylic acids is 1. The van der Waals surface area contributed by atoms with Crippen molar-refractivity contribution in [2.24, 2.45) is 5.41 Å². The van der Waals surface area contributed by atoms with Gasteiger partial charge in [0.2, 0.25) is 5.75 Å². The highest BCUT2D eigenvalue weighted by Gasteiger charge is 2.23. The number of ether oxygens (including phenoxy) is 1. The minimum Gasteiger partial charge on any atom is -0.486 e. The molecule has 0 spiro atoms. The molecular weight excluding hydrogens is 250 g/mol. The van der Waals surface area contributed by atoms with Gasteiger partial charge in [-0.25, -0.2) is 4.79 Å². The molecule has 1 aromatic rings. The summed E-state index contributed by atoms with van der Waals surface area (Å²) >= 11 is 0. The van der Waals surface area contributed by atoms with Gasteiger partial charge in [-0.3, -0.25) is 10.1 Å². The zero-order valence-corrected chi connectivity index (χ0v) is 11.2. The first kappa shape index (κ1) is 14.9. The van der Waals surface area contributed by atoms with E-state index in [0.29, 0.717) is 6.42 Å². The van der Waals surface area contributed by atoms with E-state index in [-0.39, 0.29) is 29.0 Å². The summed E-state index contributed by atoms with van der Waals surface area (Å²) < 4.78 is 5.34. The Morgan fingerprint density at radius 1 is 1.42 bits per heavy atom. The summed E-state index contributed by atoms with van der Waals surface area (Å²) in [7, 11) is 0. The van der Waals surface area contributed by atoms with Crippen molar-refractivity contribution in [3.05, 3.63) is 33.9 Å². The van der Waals surface area contributed by atoms with Gasteiger partial charge in [0.15, 0.2) is 0 Å². The van der Waals surface area contributed by atoms with Crippen LogP contribution < -0.4 is 4.74 Å². The average Bonchev–Trinajstić information content (AvgIpc) is 2.26. The molecule has 0 heterocycles. The number of para-hydroxylation sites is 1. The number of nitro groups is 1. The monoisotopic (exact) mass is 267 g/mol. The van der Waals surface area contributed by atoms with Gasteiger partial charge in [0.25, 0.3) is 0 Å². The minimum absolute atomic E-state index is 0.00689. The highest BCUT2D eigenvalue weighted by molar-refractivity contribution is 5.92. The third kappa shape index (κ3) is 4.24. The quantitative estimate of drug-likeness (QED) is 0.654. The van der Waals surface area contributed by atoms with Crippen LogP contribution >= 0.6 is 0 Å². The zero-order chi connectivity index (χ0) is 14.6. The van der Waals surface area contributed by atoms with Crippen LogP contribution in [0.4, 0.5) is 5.69 Å². The molecule has 0 aliphatic rings. The predicted octanol–water partition coefficient (Wildman–Crippen LogP) is 3.11. The first-order valence-corrected chi connectivity index (χ1v) is 5.86. The Morgan fingerprint density at radius 3 is 2.53 bits per heavy atom. The fourth-order valence-corrected chi connectivity index (χ4v) is 1.45. The van der Waals surface area contributed by atoms with Crippen molar-refractivity contribution in [3.8, 4) is 5.75 Å². The SMILES string of the molecule is CC(C)(C)CCOc1c(C(=O)O)cccc1[N+](=O)[O-]. The normalized spacial score (nSPS) is 11.1. The molecule has 0 aliphatic heterocycles. The second-order valence-electron chi connectivity index (χ2n) is 5.38. The fraction of sp³-hybridized carbons (Fsp3) is 0.462. The van der Waals surface area contributed by atoms with E-state index in [2.05, 4.69) is 0 Å². The van der Waals surface area contributed by atoms with Crippen molar-refractivity contribution in [1.82, 2.24) is 0 Å². The van der Waals surface area contributed by atoms with Crippen LogP contribution in [-0.2, 0) is 0 Å². The summed E-state index contributed by atoms with van der Waals surface area (Å²) in [5, 5.41) is 19.9. The van der Waals surface area contributed by atoms with Crippen LogP contribution in [0.25, 0.3) is 0 Å². The summed E-state index contributed by atoms with van der Waals surface area (Å²) in [5.41, 5.74) is -0.510. The number of nitrogens with zero attached hydrogens (tertiary/aromatic N) is 1. The maximum Gasteiger partial charge on any atom is 0.339 e. The Kier molecular flexibility index (Phi) is 4.47. The lowest BCUT2D eigenvalue weighted by atomic mass is 9.93. The van der Waals surface area contributed by atoms with Crippen molar-refractivity contribution in [1.29, 1.82) is 0 Å². The minimum atomic E-state index is -1.24. The Labute approximate surface area is 111 Å². The lowest BCUT2D eigenvalue weighted by Crippen LogP contribution is -2.13. The van der Waals surface area contributed by atoms with Crippen LogP contribution in [0.3, 0.4) is 0 Å². The van der Waals surface area contributed by atoms with Gasteiger partial charge >= 0.3 is 11.7 Å². The number of benzene rings is 1. The molecule has 0 atom stereocenters. The van der Waals surface area contributed by atoms with Gasteiger partial charge in [-0.05, 0) is 17.9 Å². The molecule has 1 aromatic carbocycles. The Bertz CT molecular complexity index is 458. The molecule has 0 bridgehead atoms. The number of rotatable bonds is 5. The van der Waals surface area contributed by atoms with Gasteiger partial charge in [-0.1, -0.05) is 26.8 Å². The van der Waals surface area contributed by atoms with Gasteiger partial charge in [0, 0.05) is 6.07 Å². The van der Waals surface area contributed by atoms with E-state index in [1.54, 1.807) is 0 Å². The molecule has 6 heteroatoms. The smallest absolute Gasteiger partial charge is 0.339 e. The van der Waals surface area contributed by atoms with E-state index in [9.17, 15) is 14.9 Å². The molecule has 19 heavy (non-hydrogen) atoms. The number of hydrogen-bond donors (Lipinski definition) is 1. The molecule has 0 aliphatic carbocycles. The van der Waals surface area contributed by atoms with Gasteiger partial charge in [-0.2, -0.15) is 0 Å². The maximum atomic E-state index is 11.1. The first-order chi connectivity index (χ1) is 8.72. The summed E-state index contributed by atoms with van der Waals surface area (Å²) in [6.07, 6.45) is 0.665. The molecule has 0 radical (unpaired) electrons. The lowest BCUT2D eigenvalue weighted by molar-refractivity contribution is -0.385. The van der Waals surface area contributed by atoms with E-state index in [0.717, 1.165) is 0 Å². The number of nitro benzene ring substituents is 1. The number of aromatic carboxylic acids is 1. The molecule has 0 fully saturated rings. The van der Waals surface area contributed by atoms with Crippen molar-refractivity contribution in [2.45, 2.75) is 27.2 Å². The fourth-order valence-electron chi connectivity index (χ4n) is 1.45. The highest BCUT2D eigenvalue weighted by atomic mass is 16.6. The number of carbonyl (C=O) groups is 1. The molecule has 1 N–H and O–H groups in total. The van der Waals surface area contributed by atoms with E-state index in [1.807, 2.05) is 20.8 Å². The van der Waals surface area contributed by atoms with Gasteiger partial charge in [0.05, 0.1) is 11.5 Å². The van der Waals surface area contributed by atoms with Crippen molar-refractivity contribution in [2.75, 3.05) is 6.61 Å². The molecule has 104 valence electrons. The molecule has 0 saturated carbocycles. The van der Waals surface area contributed by atoms with Crippen LogP contribution in [0.15, 0.2) is 18.2 Å². The number of carboxylic acid groups (broad SMARTS) is 1. The average molecular weight is 267 g/mol. The van der Waals surface area contributed by atoms with Gasteiger partial charge in [0.1, 0.15) is 5.56 Å². The van der Waals surface area contributed by atoms with E-state index in [4.69, 9.17) is 9.84 Å². The van der Waals surface area contributed by atoms with E-state index in [1.165, 1.54) is 18.2 Å². The maximum absolute atomic E-state index is 11.1. The van der Waals surface area contributed by atoms with Gasteiger partial charge in [-0.15, -0.1) is 0 Å². The highest BCUT2D eigenvalue weighted by Crippen LogP contribution is 2.31. The summed E-state index contributed by atoms with van der Waals surface area (Å²) in [6.45, 7) is 6.25. The summed E-state index contributed by atoms with van der Waals surface area (Å²) in [5.74, 6) is -1.42. The van der Waals surface area contributed by atoms with E-state index >= 15 is 0 Å². The molecule has 6 nitrogen and oxygen atoms in total. The topological polar surface area (TPSA) is 89.7 Å². The summed E-state index contributed by atoms with van der Waals surface area (Å²) in [4.78, 5) is 21.3. The van der Waals surface area contributed by atoms with Crippen LogP contribution in [0.2, 0.25) is 0 Å².